The summed E-state index contributed by atoms with van der Waals surface area (Å²) in [6.07, 6.45) is -5.88. The number of nitrogens with two attached hydrogens (primary N) is 1. The second-order valence-electron chi connectivity index (χ2n) is 2.76. The van der Waals surface area contributed by atoms with Crippen LogP contribution in [0, 0.1) is 0 Å². The molecule has 0 spiro atoms. The second-order valence-corrected chi connectivity index (χ2v) is 2.76. The van der Waals surface area contributed by atoms with E-state index in [1.807, 2.05) is 0 Å². The highest BCUT2D eigenvalue weighted by Gasteiger charge is 2.42. The van der Waals surface area contributed by atoms with E-state index in [-0.39, 0.29) is 0 Å². The summed E-state index contributed by atoms with van der Waals surface area (Å²) < 4.78 is 17.5. The Balaban J connectivity index is 2.63. The standard InChI is InChI=1S/C6H12FNO4/c7-3-2(1-9)12-6(11)4(8)5(3)10/h2-6,9-11H,1,8H2. The zero-order chi connectivity index (χ0) is 9.30. The molecule has 6 heteroatoms. The van der Waals surface area contributed by atoms with Crippen LogP contribution >= 0.6 is 0 Å². The van der Waals surface area contributed by atoms with Gasteiger partial charge >= 0.3 is 0 Å². The number of halogens is 1. The van der Waals surface area contributed by atoms with Crippen molar-refractivity contribution in [1.29, 1.82) is 0 Å². The van der Waals surface area contributed by atoms with Gasteiger partial charge in [0.15, 0.2) is 12.5 Å². The molecule has 1 aliphatic heterocycles. The molecule has 0 aromatic rings. The van der Waals surface area contributed by atoms with E-state index >= 15 is 0 Å². The summed E-state index contributed by atoms with van der Waals surface area (Å²) in [6.45, 7) is -0.595. The fraction of sp³-hybridized carbons (Fsp3) is 1.00. The van der Waals surface area contributed by atoms with Crippen molar-refractivity contribution in [2.75, 3.05) is 6.61 Å². The number of alkyl halides is 1. The van der Waals surface area contributed by atoms with Gasteiger partial charge in [0.05, 0.1) is 12.6 Å². The molecule has 1 aliphatic rings. The van der Waals surface area contributed by atoms with Crippen molar-refractivity contribution in [3.63, 3.8) is 0 Å². The van der Waals surface area contributed by atoms with E-state index in [9.17, 15) is 4.39 Å². The molecule has 5 nitrogen and oxygen atoms in total. The van der Waals surface area contributed by atoms with Gasteiger partial charge < -0.3 is 25.8 Å². The van der Waals surface area contributed by atoms with Crippen LogP contribution in [-0.4, -0.2) is 52.6 Å². The minimum absolute atomic E-state index is 0.595. The SMILES string of the molecule is NC1C(O)OC(CO)C(F)C1O. The van der Waals surface area contributed by atoms with Crippen molar-refractivity contribution in [3.05, 3.63) is 0 Å². The van der Waals surface area contributed by atoms with E-state index in [4.69, 9.17) is 21.1 Å². The Morgan fingerprint density at radius 3 is 2.50 bits per heavy atom. The molecule has 0 radical (unpaired) electrons. The molecule has 0 saturated carbocycles. The molecule has 1 heterocycles. The van der Waals surface area contributed by atoms with Gasteiger partial charge in [-0.15, -0.1) is 0 Å². The van der Waals surface area contributed by atoms with E-state index in [1.54, 1.807) is 0 Å². The summed E-state index contributed by atoms with van der Waals surface area (Å²) in [5.41, 5.74) is 5.18. The predicted octanol–water partition coefficient (Wildman–Crippen LogP) is -2.28. The van der Waals surface area contributed by atoms with E-state index < -0.39 is 37.3 Å². The van der Waals surface area contributed by atoms with Crippen molar-refractivity contribution >= 4 is 0 Å². The second kappa shape index (κ2) is 3.63. The van der Waals surface area contributed by atoms with Crippen LogP contribution in [0.3, 0.4) is 0 Å². The Bertz CT molecular complexity index is 154. The molecule has 5 unspecified atom stereocenters. The van der Waals surface area contributed by atoms with Crippen LogP contribution in [-0.2, 0) is 4.74 Å². The lowest BCUT2D eigenvalue weighted by Gasteiger charge is -2.36. The largest absolute Gasteiger partial charge is 0.394 e. The minimum Gasteiger partial charge on any atom is -0.394 e. The van der Waals surface area contributed by atoms with E-state index in [1.165, 1.54) is 0 Å². The lowest BCUT2D eigenvalue weighted by molar-refractivity contribution is -0.234. The molecule has 0 aromatic heterocycles. The third-order valence-electron chi connectivity index (χ3n) is 1.90. The van der Waals surface area contributed by atoms with Crippen LogP contribution in [0.1, 0.15) is 0 Å². The summed E-state index contributed by atoms with van der Waals surface area (Å²) in [5, 5.41) is 26.6. The first-order valence-corrected chi connectivity index (χ1v) is 3.60. The van der Waals surface area contributed by atoms with E-state index in [2.05, 4.69) is 4.74 Å². The molecular weight excluding hydrogens is 169 g/mol. The van der Waals surface area contributed by atoms with Gasteiger partial charge in [0.1, 0.15) is 12.2 Å². The van der Waals surface area contributed by atoms with Crippen LogP contribution in [0.5, 0.6) is 0 Å². The molecule has 0 amide bonds. The third-order valence-corrected chi connectivity index (χ3v) is 1.90. The summed E-state index contributed by atoms with van der Waals surface area (Å²) in [5.74, 6) is 0. The fourth-order valence-electron chi connectivity index (χ4n) is 1.09. The number of aliphatic hydroxyl groups excluding tert-OH is 3. The maximum absolute atomic E-state index is 12.9. The summed E-state index contributed by atoms with van der Waals surface area (Å²) in [4.78, 5) is 0. The minimum atomic E-state index is -1.76. The van der Waals surface area contributed by atoms with Crippen LogP contribution < -0.4 is 5.73 Å². The lowest BCUT2D eigenvalue weighted by atomic mass is 9.99. The number of hydrogen-bond donors (Lipinski definition) is 4. The van der Waals surface area contributed by atoms with Crippen molar-refractivity contribution in [3.8, 4) is 0 Å². The lowest BCUT2D eigenvalue weighted by Crippen LogP contribution is -2.60. The molecule has 1 saturated heterocycles. The average molecular weight is 181 g/mol. The Kier molecular flexibility index (Phi) is 2.97. The molecule has 1 rings (SSSR count). The maximum Gasteiger partial charge on any atom is 0.173 e. The van der Waals surface area contributed by atoms with Crippen LogP contribution in [0.25, 0.3) is 0 Å². The summed E-state index contributed by atoms with van der Waals surface area (Å²) in [6, 6.07) is -1.16. The van der Waals surface area contributed by atoms with E-state index in [0.29, 0.717) is 0 Å². The average Bonchev–Trinajstić information content (AvgIpc) is 2.08. The van der Waals surface area contributed by atoms with Crippen LogP contribution in [0.4, 0.5) is 4.39 Å². The molecular formula is C6H12FNO4. The van der Waals surface area contributed by atoms with Crippen molar-refractivity contribution in [2.45, 2.75) is 30.7 Å². The molecule has 0 aliphatic carbocycles. The summed E-state index contributed by atoms with van der Waals surface area (Å²) >= 11 is 0. The Morgan fingerprint density at radius 2 is 2.00 bits per heavy atom. The monoisotopic (exact) mass is 181 g/mol. The van der Waals surface area contributed by atoms with Gasteiger partial charge in [0.25, 0.3) is 0 Å². The fourth-order valence-corrected chi connectivity index (χ4v) is 1.09. The maximum atomic E-state index is 12.9. The molecule has 0 bridgehead atoms. The first-order chi connectivity index (χ1) is 5.57. The Morgan fingerprint density at radius 1 is 1.42 bits per heavy atom. The molecule has 5 N–H and O–H groups in total. The quantitative estimate of drug-likeness (QED) is 0.365. The van der Waals surface area contributed by atoms with Crippen LogP contribution in [0.2, 0.25) is 0 Å². The van der Waals surface area contributed by atoms with Crippen LogP contribution in [0.15, 0.2) is 0 Å². The zero-order valence-corrected chi connectivity index (χ0v) is 6.30. The molecule has 1 fully saturated rings. The molecule has 12 heavy (non-hydrogen) atoms. The van der Waals surface area contributed by atoms with Gasteiger partial charge in [0.2, 0.25) is 0 Å². The first kappa shape index (κ1) is 9.82. The Hall–Kier alpha value is -0.270. The van der Waals surface area contributed by atoms with Gasteiger partial charge in [-0.3, -0.25) is 0 Å². The van der Waals surface area contributed by atoms with Gasteiger partial charge in [-0.2, -0.15) is 0 Å². The van der Waals surface area contributed by atoms with Gasteiger partial charge in [0, 0.05) is 0 Å². The van der Waals surface area contributed by atoms with Crippen molar-refractivity contribution in [1.82, 2.24) is 0 Å². The number of hydrogen-bond acceptors (Lipinski definition) is 5. The van der Waals surface area contributed by atoms with Crippen molar-refractivity contribution < 1.29 is 24.4 Å². The predicted molar refractivity (Wildman–Crippen MR) is 36.8 cm³/mol. The molecule has 0 aromatic carbocycles. The van der Waals surface area contributed by atoms with E-state index in [0.717, 1.165) is 0 Å². The third kappa shape index (κ3) is 1.57. The van der Waals surface area contributed by atoms with Crippen molar-refractivity contribution in [2.24, 2.45) is 5.73 Å². The topological polar surface area (TPSA) is 95.9 Å². The number of aliphatic hydroxyl groups is 3. The first-order valence-electron chi connectivity index (χ1n) is 3.60. The molecule has 5 atom stereocenters. The zero-order valence-electron chi connectivity index (χ0n) is 6.30. The number of ether oxygens (including phenoxy) is 1. The molecule has 72 valence electrons. The number of rotatable bonds is 1. The Labute approximate surface area is 68.6 Å². The normalized spacial score (nSPS) is 49.2. The highest BCUT2D eigenvalue weighted by atomic mass is 19.1. The van der Waals surface area contributed by atoms with Gasteiger partial charge in [-0.1, -0.05) is 0 Å². The van der Waals surface area contributed by atoms with Gasteiger partial charge in [-0.25, -0.2) is 4.39 Å². The highest BCUT2D eigenvalue weighted by molar-refractivity contribution is 4.90. The summed E-state index contributed by atoms with van der Waals surface area (Å²) in [7, 11) is 0. The smallest absolute Gasteiger partial charge is 0.173 e. The highest BCUT2D eigenvalue weighted by Crippen LogP contribution is 2.20. The van der Waals surface area contributed by atoms with Gasteiger partial charge in [-0.05, 0) is 0 Å².